The zero-order valence-electron chi connectivity index (χ0n) is 12.9. The van der Waals surface area contributed by atoms with E-state index in [1.807, 2.05) is 18.2 Å². The van der Waals surface area contributed by atoms with Crippen molar-refractivity contribution < 1.29 is 0 Å². The Hall–Kier alpha value is -1.29. The monoisotopic (exact) mass is 264 g/mol. The average Bonchev–Trinajstić information content (AvgIpc) is 2.27. The molecule has 1 atom stereocenters. The standard InChI is InChI=1S/C15H28N4/c1-6-16-14-8-7-9-15(18-14)17-13(10-12(2)3)11-19(4)5/h7-9,12-13H,6,10-11H2,1-5H3,(H2,16,17,18). The van der Waals surface area contributed by atoms with Crippen LogP contribution in [-0.4, -0.2) is 43.1 Å². The number of anilines is 2. The van der Waals surface area contributed by atoms with Crippen LogP contribution in [0.2, 0.25) is 0 Å². The lowest BCUT2D eigenvalue weighted by Gasteiger charge is -2.24. The van der Waals surface area contributed by atoms with Crippen LogP contribution in [0, 0.1) is 5.92 Å². The van der Waals surface area contributed by atoms with E-state index in [2.05, 4.69) is 55.4 Å². The van der Waals surface area contributed by atoms with Gasteiger partial charge in [0.1, 0.15) is 11.6 Å². The van der Waals surface area contributed by atoms with Crippen molar-refractivity contribution in [2.45, 2.75) is 33.2 Å². The third-order valence-corrected chi connectivity index (χ3v) is 2.80. The maximum atomic E-state index is 4.58. The van der Waals surface area contributed by atoms with E-state index in [0.29, 0.717) is 12.0 Å². The molecule has 108 valence electrons. The van der Waals surface area contributed by atoms with E-state index in [1.54, 1.807) is 0 Å². The van der Waals surface area contributed by atoms with Gasteiger partial charge in [0.2, 0.25) is 0 Å². The summed E-state index contributed by atoms with van der Waals surface area (Å²) in [5, 5.41) is 6.79. The summed E-state index contributed by atoms with van der Waals surface area (Å²) in [4.78, 5) is 6.79. The highest BCUT2D eigenvalue weighted by atomic mass is 15.1. The second-order valence-electron chi connectivity index (χ2n) is 5.67. The van der Waals surface area contributed by atoms with Crippen LogP contribution in [-0.2, 0) is 0 Å². The molecule has 0 aliphatic rings. The minimum atomic E-state index is 0.430. The number of pyridine rings is 1. The summed E-state index contributed by atoms with van der Waals surface area (Å²) in [6.45, 7) is 8.50. The quantitative estimate of drug-likeness (QED) is 0.757. The van der Waals surface area contributed by atoms with Crippen molar-refractivity contribution in [1.82, 2.24) is 9.88 Å². The van der Waals surface area contributed by atoms with Gasteiger partial charge in [-0.25, -0.2) is 4.98 Å². The lowest BCUT2D eigenvalue weighted by Crippen LogP contribution is -2.33. The van der Waals surface area contributed by atoms with Crippen LogP contribution in [0.1, 0.15) is 27.2 Å². The van der Waals surface area contributed by atoms with Crippen LogP contribution in [0.25, 0.3) is 0 Å². The highest BCUT2D eigenvalue weighted by Gasteiger charge is 2.12. The minimum absolute atomic E-state index is 0.430. The number of nitrogens with one attached hydrogen (secondary N) is 2. The van der Waals surface area contributed by atoms with Crippen molar-refractivity contribution in [2.24, 2.45) is 5.92 Å². The molecule has 0 amide bonds. The molecular formula is C15H28N4. The Labute approximate surface area is 117 Å². The molecule has 0 saturated heterocycles. The maximum Gasteiger partial charge on any atom is 0.128 e. The number of hydrogen-bond donors (Lipinski definition) is 2. The van der Waals surface area contributed by atoms with E-state index < -0.39 is 0 Å². The molecule has 1 aromatic rings. The highest BCUT2D eigenvalue weighted by molar-refractivity contribution is 5.45. The van der Waals surface area contributed by atoms with E-state index >= 15 is 0 Å². The normalized spacial score (nSPS) is 12.8. The molecule has 0 aliphatic heterocycles. The molecule has 0 spiro atoms. The molecule has 0 bridgehead atoms. The first kappa shape index (κ1) is 15.8. The SMILES string of the molecule is CCNc1cccc(NC(CC(C)C)CN(C)C)n1. The van der Waals surface area contributed by atoms with Crippen molar-refractivity contribution in [3.63, 3.8) is 0 Å². The molecule has 2 N–H and O–H groups in total. The van der Waals surface area contributed by atoms with Gasteiger partial charge in [-0.2, -0.15) is 0 Å². The van der Waals surface area contributed by atoms with Gasteiger partial charge in [0.25, 0.3) is 0 Å². The Morgan fingerprint density at radius 2 is 1.89 bits per heavy atom. The minimum Gasteiger partial charge on any atom is -0.370 e. The number of hydrogen-bond acceptors (Lipinski definition) is 4. The van der Waals surface area contributed by atoms with E-state index in [0.717, 1.165) is 31.1 Å². The molecule has 0 aliphatic carbocycles. The van der Waals surface area contributed by atoms with Crippen molar-refractivity contribution in [1.29, 1.82) is 0 Å². The molecular weight excluding hydrogens is 236 g/mol. The summed E-state index contributed by atoms with van der Waals surface area (Å²) < 4.78 is 0. The Morgan fingerprint density at radius 3 is 2.47 bits per heavy atom. The molecule has 4 heteroatoms. The van der Waals surface area contributed by atoms with E-state index in [-0.39, 0.29) is 0 Å². The molecule has 0 aromatic carbocycles. The zero-order valence-corrected chi connectivity index (χ0v) is 12.9. The van der Waals surface area contributed by atoms with Gasteiger partial charge in [-0.3, -0.25) is 0 Å². The smallest absolute Gasteiger partial charge is 0.128 e. The molecule has 19 heavy (non-hydrogen) atoms. The van der Waals surface area contributed by atoms with Gasteiger partial charge in [0.05, 0.1) is 0 Å². The lowest BCUT2D eigenvalue weighted by molar-refractivity contribution is 0.356. The fraction of sp³-hybridized carbons (Fsp3) is 0.667. The summed E-state index contributed by atoms with van der Waals surface area (Å²) >= 11 is 0. The summed E-state index contributed by atoms with van der Waals surface area (Å²) in [6, 6.07) is 6.50. The average molecular weight is 264 g/mol. The summed E-state index contributed by atoms with van der Waals surface area (Å²) in [5.74, 6) is 2.56. The predicted molar refractivity (Wildman–Crippen MR) is 83.8 cm³/mol. The highest BCUT2D eigenvalue weighted by Crippen LogP contribution is 2.14. The number of likely N-dealkylation sites (N-methyl/N-ethyl adjacent to an activating group) is 1. The largest absolute Gasteiger partial charge is 0.370 e. The molecule has 1 rings (SSSR count). The van der Waals surface area contributed by atoms with Gasteiger partial charge in [-0.15, -0.1) is 0 Å². The van der Waals surface area contributed by atoms with Crippen LogP contribution in [0.15, 0.2) is 18.2 Å². The Morgan fingerprint density at radius 1 is 1.21 bits per heavy atom. The van der Waals surface area contributed by atoms with E-state index in [1.165, 1.54) is 0 Å². The Kier molecular flexibility index (Phi) is 6.64. The second-order valence-corrected chi connectivity index (χ2v) is 5.67. The fourth-order valence-corrected chi connectivity index (χ4v) is 2.19. The molecule has 1 heterocycles. The summed E-state index contributed by atoms with van der Waals surface area (Å²) in [6.07, 6.45) is 1.14. The zero-order chi connectivity index (χ0) is 14.3. The first-order valence-corrected chi connectivity index (χ1v) is 7.13. The van der Waals surface area contributed by atoms with E-state index in [9.17, 15) is 0 Å². The molecule has 1 aromatic heterocycles. The van der Waals surface area contributed by atoms with Gasteiger partial charge in [0.15, 0.2) is 0 Å². The second kappa shape index (κ2) is 8.00. The topological polar surface area (TPSA) is 40.2 Å². The van der Waals surface area contributed by atoms with Crippen LogP contribution >= 0.6 is 0 Å². The van der Waals surface area contributed by atoms with Crippen LogP contribution in [0.4, 0.5) is 11.6 Å². The molecule has 4 nitrogen and oxygen atoms in total. The fourth-order valence-electron chi connectivity index (χ4n) is 2.19. The van der Waals surface area contributed by atoms with Crippen molar-refractivity contribution in [2.75, 3.05) is 37.8 Å². The molecule has 0 saturated carbocycles. The number of nitrogens with zero attached hydrogens (tertiary/aromatic N) is 2. The summed E-state index contributed by atoms with van der Waals surface area (Å²) in [5.41, 5.74) is 0. The number of aromatic nitrogens is 1. The molecule has 0 radical (unpaired) electrons. The molecule has 0 fully saturated rings. The Balaban J connectivity index is 2.68. The Bertz CT molecular complexity index is 353. The van der Waals surface area contributed by atoms with Crippen LogP contribution in [0.5, 0.6) is 0 Å². The lowest BCUT2D eigenvalue weighted by atomic mass is 10.0. The van der Waals surface area contributed by atoms with Gasteiger partial charge in [0, 0.05) is 19.1 Å². The van der Waals surface area contributed by atoms with E-state index in [4.69, 9.17) is 0 Å². The third-order valence-electron chi connectivity index (χ3n) is 2.80. The van der Waals surface area contributed by atoms with Gasteiger partial charge in [-0.05, 0) is 45.5 Å². The van der Waals surface area contributed by atoms with Crippen molar-refractivity contribution >= 4 is 11.6 Å². The van der Waals surface area contributed by atoms with Crippen molar-refractivity contribution in [3.05, 3.63) is 18.2 Å². The van der Waals surface area contributed by atoms with Crippen LogP contribution in [0.3, 0.4) is 0 Å². The maximum absolute atomic E-state index is 4.58. The van der Waals surface area contributed by atoms with Crippen LogP contribution < -0.4 is 10.6 Å². The summed E-state index contributed by atoms with van der Waals surface area (Å²) in [7, 11) is 4.22. The molecule has 1 unspecified atom stereocenters. The first-order chi connectivity index (χ1) is 9.01. The first-order valence-electron chi connectivity index (χ1n) is 7.13. The third kappa shape index (κ3) is 6.43. The van der Waals surface area contributed by atoms with Gasteiger partial charge < -0.3 is 15.5 Å². The van der Waals surface area contributed by atoms with Gasteiger partial charge >= 0.3 is 0 Å². The van der Waals surface area contributed by atoms with Crippen molar-refractivity contribution in [3.8, 4) is 0 Å². The number of rotatable bonds is 8. The predicted octanol–water partition coefficient (Wildman–Crippen LogP) is 2.90. The van der Waals surface area contributed by atoms with Gasteiger partial charge in [-0.1, -0.05) is 19.9 Å².